The first-order chi connectivity index (χ1) is 10.4. The maximum absolute atomic E-state index is 11.0. The zero-order valence-electron chi connectivity index (χ0n) is 14.9. The SMILES string of the molecule is CCCCCCCCCCC(C)c1ccc(S(=O)(=O)O)cc1.[Na]. The summed E-state index contributed by atoms with van der Waals surface area (Å²) >= 11 is 0. The van der Waals surface area contributed by atoms with Crippen molar-refractivity contribution in [3.8, 4) is 0 Å². The molecule has 1 rings (SSSR count). The van der Waals surface area contributed by atoms with Gasteiger partial charge in [0.25, 0.3) is 10.1 Å². The third-order valence-corrected chi connectivity index (χ3v) is 5.11. The van der Waals surface area contributed by atoms with Crippen LogP contribution in [-0.4, -0.2) is 42.5 Å². The van der Waals surface area contributed by atoms with Crippen LogP contribution in [0.2, 0.25) is 0 Å². The molecular weight excluding hydrogens is 319 g/mol. The van der Waals surface area contributed by atoms with E-state index in [2.05, 4.69) is 13.8 Å². The third kappa shape index (κ3) is 9.88. The van der Waals surface area contributed by atoms with Gasteiger partial charge in [0.2, 0.25) is 0 Å². The van der Waals surface area contributed by atoms with Crippen LogP contribution in [0.1, 0.15) is 83.1 Å². The van der Waals surface area contributed by atoms with Crippen molar-refractivity contribution in [3.63, 3.8) is 0 Å². The van der Waals surface area contributed by atoms with E-state index < -0.39 is 10.1 Å². The first kappa shape index (κ1) is 23.1. The second-order valence-corrected chi connectivity index (χ2v) is 7.63. The molecule has 3 nitrogen and oxygen atoms in total. The normalized spacial score (nSPS) is 12.7. The van der Waals surface area contributed by atoms with Crippen molar-refractivity contribution < 1.29 is 13.0 Å². The van der Waals surface area contributed by atoms with Gasteiger partial charge in [-0.15, -0.1) is 0 Å². The summed E-state index contributed by atoms with van der Waals surface area (Å²) in [6, 6.07) is 6.57. The molecule has 0 saturated heterocycles. The molecule has 1 aromatic carbocycles. The van der Waals surface area contributed by atoms with E-state index in [9.17, 15) is 8.42 Å². The first-order valence-corrected chi connectivity index (χ1v) is 9.96. The van der Waals surface area contributed by atoms with E-state index in [1.54, 1.807) is 12.1 Å². The number of unbranched alkanes of at least 4 members (excludes halogenated alkanes) is 7. The topological polar surface area (TPSA) is 54.4 Å². The Bertz CT molecular complexity index is 512. The standard InChI is InChI=1S/C18H30O3S.Na/c1-3-4-5-6-7-8-9-10-11-16(2)17-12-14-18(15-13-17)22(19,20)21;/h12-16H,3-11H2,1-2H3,(H,19,20,21);. The smallest absolute Gasteiger partial charge is 0.282 e. The van der Waals surface area contributed by atoms with E-state index >= 15 is 0 Å². The van der Waals surface area contributed by atoms with Crippen LogP contribution in [-0.2, 0) is 10.1 Å². The Morgan fingerprint density at radius 3 is 1.87 bits per heavy atom. The Labute approximate surface area is 164 Å². The molecule has 127 valence electrons. The number of hydrogen-bond acceptors (Lipinski definition) is 2. The Hall–Kier alpha value is 0.130. The summed E-state index contributed by atoms with van der Waals surface area (Å²) in [5, 5.41) is 0. The molecule has 0 aliphatic heterocycles. The van der Waals surface area contributed by atoms with Gasteiger partial charge < -0.3 is 0 Å². The average molecular weight is 349 g/mol. The van der Waals surface area contributed by atoms with Gasteiger partial charge >= 0.3 is 0 Å². The largest absolute Gasteiger partial charge is 0.294 e. The quantitative estimate of drug-likeness (QED) is 0.340. The van der Waals surface area contributed by atoms with Crippen LogP contribution < -0.4 is 0 Å². The van der Waals surface area contributed by atoms with E-state index in [1.165, 1.54) is 63.5 Å². The molecule has 1 unspecified atom stereocenters. The molecule has 1 N–H and O–H groups in total. The molecule has 0 aliphatic rings. The Morgan fingerprint density at radius 1 is 0.913 bits per heavy atom. The zero-order valence-corrected chi connectivity index (χ0v) is 17.7. The molecule has 0 aliphatic carbocycles. The number of rotatable bonds is 11. The minimum Gasteiger partial charge on any atom is -0.282 e. The van der Waals surface area contributed by atoms with Crippen molar-refractivity contribution in [2.45, 2.75) is 82.4 Å². The molecule has 23 heavy (non-hydrogen) atoms. The second-order valence-electron chi connectivity index (χ2n) is 6.21. The summed E-state index contributed by atoms with van der Waals surface area (Å²) in [6.45, 7) is 4.41. The molecule has 0 fully saturated rings. The predicted molar refractivity (Wildman–Crippen MR) is 97.7 cm³/mol. The van der Waals surface area contributed by atoms with Crippen LogP contribution in [0.5, 0.6) is 0 Å². The van der Waals surface area contributed by atoms with Crippen molar-refractivity contribution >= 4 is 39.7 Å². The molecule has 1 radical (unpaired) electrons. The van der Waals surface area contributed by atoms with Gasteiger partial charge in [-0.05, 0) is 30.0 Å². The fourth-order valence-electron chi connectivity index (χ4n) is 2.72. The predicted octanol–water partition coefficient (Wildman–Crippen LogP) is 5.19. The van der Waals surface area contributed by atoms with Crippen molar-refractivity contribution in [2.24, 2.45) is 0 Å². The van der Waals surface area contributed by atoms with E-state index in [4.69, 9.17) is 4.55 Å². The van der Waals surface area contributed by atoms with Gasteiger partial charge in [-0.3, -0.25) is 4.55 Å². The molecule has 0 spiro atoms. The number of hydrogen-bond donors (Lipinski definition) is 1. The average Bonchev–Trinajstić information content (AvgIpc) is 2.49. The molecule has 1 atom stereocenters. The second kappa shape index (κ2) is 12.5. The van der Waals surface area contributed by atoms with Crippen LogP contribution >= 0.6 is 0 Å². The van der Waals surface area contributed by atoms with Gasteiger partial charge in [-0.1, -0.05) is 77.3 Å². The molecule has 0 aromatic heterocycles. The van der Waals surface area contributed by atoms with Crippen molar-refractivity contribution in [2.75, 3.05) is 0 Å². The Kier molecular flexibility index (Phi) is 12.6. The maximum atomic E-state index is 11.0. The van der Waals surface area contributed by atoms with Crippen molar-refractivity contribution in [3.05, 3.63) is 29.8 Å². The van der Waals surface area contributed by atoms with E-state index in [0.717, 1.165) is 12.0 Å². The minimum atomic E-state index is -4.08. The molecule has 0 heterocycles. The number of benzene rings is 1. The van der Waals surface area contributed by atoms with Gasteiger partial charge in [0, 0.05) is 29.6 Å². The summed E-state index contributed by atoms with van der Waals surface area (Å²) in [5.74, 6) is 0.426. The molecule has 5 heteroatoms. The molecule has 1 aromatic rings. The summed E-state index contributed by atoms with van der Waals surface area (Å²) in [4.78, 5) is -0.0319. The third-order valence-electron chi connectivity index (χ3n) is 4.24. The summed E-state index contributed by atoms with van der Waals surface area (Å²) in [6.07, 6.45) is 11.7. The van der Waals surface area contributed by atoms with Crippen molar-refractivity contribution in [1.29, 1.82) is 0 Å². The molecular formula is C18H30NaO3S. The first-order valence-electron chi connectivity index (χ1n) is 8.52. The Morgan fingerprint density at radius 2 is 1.39 bits per heavy atom. The molecule has 0 saturated carbocycles. The van der Waals surface area contributed by atoms with Gasteiger partial charge in [0.1, 0.15) is 0 Å². The van der Waals surface area contributed by atoms with Gasteiger partial charge in [0.05, 0.1) is 4.90 Å². The maximum Gasteiger partial charge on any atom is 0.294 e. The van der Waals surface area contributed by atoms with Crippen LogP contribution in [0.15, 0.2) is 29.2 Å². The van der Waals surface area contributed by atoms with Crippen LogP contribution in [0.25, 0.3) is 0 Å². The summed E-state index contributed by atoms with van der Waals surface area (Å²) in [5.41, 5.74) is 1.13. The van der Waals surface area contributed by atoms with Gasteiger partial charge in [-0.25, -0.2) is 0 Å². The van der Waals surface area contributed by atoms with Crippen LogP contribution in [0.4, 0.5) is 0 Å². The van der Waals surface area contributed by atoms with E-state index in [1.807, 2.05) is 0 Å². The van der Waals surface area contributed by atoms with E-state index in [0.29, 0.717) is 5.92 Å². The monoisotopic (exact) mass is 349 g/mol. The summed E-state index contributed by atoms with van der Waals surface area (Å²) < 4.78 is 31.0. The van der Waals surface area contributed by atoms with Crippen LogP contribution in [0, 0.1) is 0 Å². The summed E-state index contributed by atoms with van der Waals surface area (Å²) in [7, 11) is -4.08. The Balaban J connectivity index is 0.00000484. The molecule has 0 amide bonds. The zero-order chi connectivity index (χ0) is 16.4. The van der Waals surface area contributed by atoms with E-state index in [-0.39, 0.29) is 34.5 Å². The minimum absolute atomic E-state index is 0. The fraction of sp³-hybridized carbons (Fsp3) is 0.667. The van der Waals surface area contributed by atoms with Gasteiger partial charge in [0.15, 0.2) is 0 Å². The fourth-order valence-corrected chi connectivity index (χ4v) is 3.20. The van der Waals surface area contributed by atoms with Crippen LogP contribution in [0.3, 0.4) is 0 Å². The van der Waals surface area contributed by atoms with Crippen molar-refractivity contribution in [1.82, 2.24) is 0 Å². The van der Waals surface area contributed by atoms with Gasteiger partial charge in [-0.2, -0.15) is 8.42 Å². The molecule has 0 bridgehead atoms.